The lowest BCUT2D eigenvalue weighted by Gasteiger charge is -2.20. The summed E-state index contributed by atoms with van der Waals surface area (Å²) in [6, 6.07) is 16.7. The highest BCUT2D eigenvalue weighted by Crippen LogP contribution is 2.21. The number of carbonyl (C=O) groups is 1. The molecule has 0 aliphatic carbocycles. The van der Waals surface area contributed by atoms with Crippen LogP contribution in [-0.2, 0) is 0 Å². The summed E-state index contributed by atoms with van der Waals surface area (Å²) in [6.45, 7) is 10.8. The van der Waals surface area contributed by atoms with Crippen molar-refractivity contribution in [2.24, 2.45) is 0 Å². The van der Waals surface area contributed by atoms with Crippen molar-refractivity contribution in [1.29, 1.82) is 0 Å². The summed E-state index contributed by atoms with van der Waals surface area (Å²) in [4.78, 5) is 23.9. The first-order valence-electron chi connectivity index (χ1n) is 11.5. The first kappa shape index (κ1) is 24.0. The molecule has 7 heteroatoms. The van der Waals surface area contributed by atoms with Crippen molar-refractivity contribution in [2.75, 3.05) is 35.2 Å². The number of anilines is 4. The molecule has 1 aromatic heterocycles. The Balaban J connectivity index is 1.61. The second-order valence-corrected chi connectivity index (χ2v) is 7.75. The van der Waals surface area contributed by atoms with Gasteiger partial charge in [0.2, 0.25) is 5.95 Å². The van der Waals surface area contributed by atoms with Crippen LogP contribution in [-0.4, -0.2) is 35.6 Å². The van der Waals surface area contributed by atoms with E-state index in [2.05, 4.69) is 46.3 Å². The van der Waals surface area contributed by atoms with Gasteiger partial charge in [-0.1, -0.05) is 13.3 Å². The fourth-order valence-electron chi connectivity index (χ4n) is 3.32. The standard InChI is InChI=1S/C26H33N5O2/c1-5-8-17-33-23-15-9-20(10-16-23)25(32)28-21-11-13-22(14-12-21)29-26-27-19(4)18-24(30-26)31(6-2)7-3/h9-16,18H,5-8,17H2,1-4H3,(H,28,32)(H,27,29,30). The number of rotatable bonds is 11. The van der Waals surface area contributed by atoms with Crippen molar-refractivity contribution >= 4 is 29.0 Å². The first-order valence-corrected chi connectivity index (χ1v) is 11.5. The first-order chi connectivity index (χ1) is 16.0. The van der Waals surface area contributed by atoms with E-state index >= 15 is 0 Å². The molecule has 2 aromatic carbocycles. The summed E-state index contributed by atoms with van der Waals surface area (Å²) in [5, 5.41) is 6.18. The molecule has 33 heavy (non-hydrogen) atoms. The maximum absolute atomic E-state index is 12.6. The Kier molecular flexibility index (Phi) is 8.63. The summed E-state index contributed by atoms with van der Waals surface area (Å²) in [7, 11) is 0. The molecule has 3 aromatic rings. The molecule has 0 radical (unpaired) electrons. The minimum absolute atomic E-state index is 0.165. The van der Waals surface area contributed by atoms with E-state index in [4.69, 9.17) is 4.74 Å². The topological polar surface area (TPSA) is 79.4 Å². The SMILES string of the molecule is CCCCOc1ccc(C(=O)Nc2ccc(Nc3nc(C)cc(N(CC)CC)n3)cc2)cc1. The van der Waals surface area contributed by atoms with E-state index in [1.807, 2.05) is 49.4 Å². The zero-order valence-electron chi connectivity index (χ0n) is 19.9. The van der Waals surface area contributed by atoms with Gasteiger partial charge in [-0.05, 0) is 75.7 Å². The van der Waals surface area contributed by atoms with Gasteiger partial charge >= 0.3 is 0 Å². The second-order valence-electron chi connectivity index (χ2n) is 7.75. The fraction of sp³-hybridized carbons (Fsp3) is 0.346. The van der Waals surface area contributed by atoms with Crippen LogP contribution in [0.3, 0.4) is 0 Å². The van der Waals surface area contributed by atoms with Crippen molar-refractivity contribution in [3.05, 3.63) is 65.9 Å². The Bertz CT molecular complexity index is 1030. The number of unbranched alkanes of at least 4 members (excludes halogenated alkanes) is 1. The zero-order valence-corrected chi connectivity index (χ0v) is 19.9. The molecule has 0 fully saturated rings. The lowest BCUT2D eigenvalue weighted by atomic mass is 10.2. The average Bonchev–Trinajstić information content (AvgIpc) is 2.81. The fourth-order valence-corrected chi connectivity index (χ4v) is 3.32. The smallest absolute Gasteiger partial charge is 0.255 e. The van der Waals surface area contributed by atoms with Gasteiger partial charge in [0.25, 0.3) is 5.91 Å². The third-order valence-electron chi connectivity index (χ3n) is 5.21. The monoisotopic (exact) mass is 447 g/mol. The van der Waals surface area contributed by atoms with Crippen LogP contribution in [0.25, 0.3) is 0 Å². The van der Waals surface area contributed by atoms with Crippen molar-refractivity contribution in [3.8, 4) is 5.75 Å². The van der Waals surface area contributed by atoms with Gasteiger partial charge in [-0.2, -0.15) is 4.98 Å². The maximum atomic E-state index is 12.6. The lowest BCUT2D eigenvalue weighted by Crippen LogP contribution is -2.23. The van der Waals surface area contributed by atoms with E-state index in [-0.39, 0.29) is 5.91 Å². The van der Waals surface area contributed by atoms with Crippen LogP contribution < -0.4 is 20.3 Å². The number of carbonyl (C=O) groups excluding carboxylic acids is 1. The predicted octanol–water partition coefficient (Wildman–Crippen LogP) is 5.81. The van der Waals surface area contributed by atoms with Crippen LogP contribution in [0.15, 0.2) is 54.6 Å². The van der Waals surface area contributed by atoms with Gasteiger partial charge in [0.05, 0.1) is 6.61 Å². The number of aromatic nitrogens is 2. The summed E-state index contributed by atoms with van der Waals surface area (Å²) in [5.74, 6) is 2.07. The molecule has 0 unspecified atom stereocenters. The van der Waals surface area contributed by atoms with Gasteiger partial charge in [-0.3, -0.25) is 4.79 Å². The number of hydrogen-bond acceptors (Lipinski definition) is 6. The normalized spacial score (nSPS) is 10.5. The summed E-state index contributed by atoms with van der Waals surface area (Å²) >= 11 is 0. The van der Waals surface area contributed by atoms with E-state index in [1.165, 1.54) is 0 Å². The summed E-state index contributed by atoms with van der Waals surface area (Å²) in [6.07, 6.45) is 2.10. The van der Waals surface area contributed by atoms with E-state index in [0.29, 0.717) is 23.8 Å². The molecule has 0 saturated carbocycles. The number of hydrogen-bond donors (Lipinski definition) is 2. The van der Waals surface area contributed by atoms with Crippen LogP contribution in [0, 0.1) is 6.92 Å². The highest BCUT2D eigenvalue weighted by atomic mass is 16.5. The summed E-state index contributed by atoms with van der Waals surface area (Å²) in [5.41, 5.74) is 3.04. The molecular formula is C26H33N5O2. The molecular weight excluding hydrogens is 414 g/mol. The quantitative estimate of drug-likeness (QED) is 0.361. The van der Waals surface area contributed by atoms with E-state index in [9.17, 15) is 4.79 Å². The average molecular weight is 448 g/mol. The highest BCUT2D eigenvalue weighted by Gasteiger charge is 2.09. The Morgan fingerprint density at radius 2 is 1.61 bits per heavy atom. The molecule has 0 saturated heterocycles. The van der Waals surface area contributed by atoms with E-state index in [1.54, 1.807) is 12.1 Å². The Morgan fingerprint density at radius 3 is 2.24 bits per heavy atom. The largest absolute Gasteiger partial charge is 0.494 e. The lowest BCUT2D eigenvalue weighted by molar-refractivity contribution is 0.102. The van der Waals surface area contributed by atoms with Crippen molar-refractivity contribution < 1.29 is 9.53 Å². The molecule has 3 rings (SSSR count). The molecule has 0 spiro atoms. The minimum atomic E-state index is -0.165. The molecule has 1 amide bonds. The Hall–Kier alpha value is -3.61. The van der Waals surface area contributed by atoms with E-state index < -0.39 is 0 Å². The van der Waals surface area contributed by atoms with Crippen LogP contribution in [0.5, 0.6) is 5.75 Å². The minimum Gasteiger partial charge on any atom is -0.494 e. The van der Waals surface area contributed by atoms with Gasteiger partial charge in [-0.25, -0.2) is 4.98 Å². The number of amides is 1. The molecule has 1 heterocycles. The Labute approximate surface area is 196 Å². The maximum Gasteiger partial charge on any atom is 0.255 e. The van der Waals surface area contributed by atoms with E-state index in [0.717, 1.165) is 48.9 Å². The van der Waals surface area contributed by atoms with Crippen LogP contribution in [0.1, 0.15) is 49.7 Å². The van der Waals surface area contributed by atoms with Crippen molar-refractivity contribution in [2.45, 2.75) is 40.5 Å². The molecule has 2 N–H and O–H groups in total. The van der Waals surface area contributed by atoms with Crippen LogP contribution >= 0.6 is 0 Å². The third kappa shape index (κ3) is 6.94. The number of ether oxygens (including phenoxy) is 1. The highest BCUT2D eigenvalue weighted by molar-refractivity contribution is 6.04. The van der Waals surface area contributed by atoms with Crippen LogP contribution in [0.2, 0.25) is 0 Å². The van der Waals surface area contributed by atoms with Gasteiger partial charge in [0.15, 0.2) is 0 Å². The molecule has 0 atom stereocenters. The zero-order chi connectivity index (χ0) is 23.6. The van der Waals surface area contributed by atoms with Crippen LogP contribution in [0.4, 0.5) is 23.1 Å². The van der Waals surface area contributed by atoms with Gasteiger partial charge in [0.1, 0.15) is 11.6 Å². The van der Waals surface area contributed by atoms with Gasteiger partial charge in [0, 0.05) is 41.8 Å². The number of nitrogens with one attached hydrogen (secondary N) is 2. The molecule has 0 bridgehead atoms. The molecule has 0 aliphatic heterocycles. The summed E-state index contributed by atoms with van der Waals surface area (Å²) < 4.78 is 5.65. The number of nitrogens with zero attached hydrogens (tertiary/aromatic N) is 3. The molecule has 0 aliphatic rings. The number of aryl methyl sites for hydroxylation is 1. The third-order valence-corrected chi connectivity index (χ3v) is 5.21. The Morgan fingerprint density at radius 1 is 0.939 bits per heavy atom. The number of benzene rings is 2. The van der Waals surface area contributed by atoms with Crippen molar-refractivity contribution in [3.63, 3.8) is 0 Å². The molecule has 174 valence electrons. The van der Waals surface area contributed by atoms with Crippen molar-refractivity contribution in [1.82, 2.24) is 9.97 Å². The predicted molar refractivity (Wildman–Crippen MR) is 135 cm³/mol. The van der Waals surface area contributed by atoms with Gasteiger partial charge in [-0.15, -0.1) is 0 Å². The second kappa shape index (κ2) is 11.9. The molecule has 7 nitrogen and oxygen atoms in total. The van der Waals surface area contributed by atoms with Gasteiger partial charge < -0.3 is 20.3 Å².